The number of unbranched alkanes of at least 4 members (excludes halogenated alkanes) is 5. The fourth-order valence-corrected chi connectivity index (χ4v) is 2.99. The summed E-state index contributed by atoms with van der Waals surface area (Å²) in [6.07, 6.45) is 9.04. The highest BCUT2D eigenvalue weighted by molar-refractivity contribution is 4.79. The molecule has 0 aliphatic rings. The van der Waals surface area contributed by atoms with E-state index >= 15 is 0 Å². The second kappa shape index (κ2) is 16.3. The SMILES string of the molecule is CCCCCCCCC(CO)C(CC)(OCCOC)OCCOC. The highest BCUT2D eigenvalue weighted by atomic mass is 16.7. The molecule has 0 aromatic heterocycles. The third kappa shape index (κ3) is 9.94. The summed E-state index contributed by atoms with van der Waals surface area (Å²) in [5, 5.41) is 9.92. The minimum Gasteiger partial charge on any atom is -0.396 e. The van der Waals surface area contributed by atoms with E-state index in [1.54, 1.807) is 14.2 Å². The summed E-state index contributed by atoms with van der Waals surface area (Å²) in [6.45, 7) is 6.31. The van der Waals surface area contributed by atoms with E-state index in [-0.39, 0.29) is 12.5 Å². The van der Waals surface area contributed by atoms with E-state index < -0.39 is 5.79 Å². The molecule has 24 heavy (non-hydrogen) atoms. The molecule has 0 fully saturated rings. The second-order valence-corrected chi connectivity index (χ2v) is 6.28. The molecule has 5 nitrogen and oxygen atoms in total. The molecule has 5 heteroatoms. The number of methoxy groups -OCH3 is 2. The van der Waals surface area contributed by atoms with Crippen LogP contribution in [0.3, 0.4) is 0 Å². The van der Waals surface area contributed by atoms with Gasteiger partial charge in [-0.2, -0.15) is 0 Å². The third-order valence-electron chi connectivity index (χ3n) is 4.51. The van der Waals surface area contributed by atoms with Crippen LogP contribution in [0.1, 0.15) is 65.2 Å². The topological polar surface area (TPSA) is 57.2 Å². The molecule has 0 radical (unpaired) electrons. The Balaban J connectivity index is 4.57. The molecule has 0 aliphatic heterocycles. The quantitative estimate of drug-likeness (QED) is 0.302. The number of rotatable bonds is 18. The van der Waals surface area contributed by atoms with Gasteiger partial charge in [-0.15, -0.1) is 0 Å². The number of hydrogen-bond donors (Lipinski definition) is 1. The van der Waals surface area contributed by atoms with Crippen LogP contribution in [-0.2, 0) is 18.9 Å². The standard InChI is InChI=1S/C19H40O5/c1-5-7-8-9-10-11-12-18(17-20)19(6-2,23-15-13-21-3)24-16-14-22-4/h18,20H,5-17H2,1-4H3. The molecule has 0 saturated heterocycles. The largest absolute Gasteiger partial charge is 0.396 e. The van der Waals surface area contributed by atoms with Crippen molar-refractivity contribution >= 4 is 0 Å². The van der Waals surface area contributed by atoms with Crippen LogP contribution in [0.15, 0.2) is 0 Å². The minimum atomic E-state index is -0.755. The summed E-state index contributed by atoms with van der Waals surface area (Å²) in [5.41, 5.74) is 0. The maximum absolute atomic E-state index is 9.92. The fraction of sp³-hybridized carbons (Fsp3) is 1.00. The Hall–Kier alpha value is -0.200. The van der Waals surface area contributed by atoms with Gasteiger partial charge in [0.05, 0.1) is 33.0 Å². The van der Waals surface area contributed by atoms with Gasteiger partial charge >= 0.3 is 0 Å². The van der Waals surface area contributed by atoms with Gasteiger partial charge < -0.3 is 24.1 Å². The minimum absolute atomic E-state index is 0.0256. The Morgan fingerprint density at radius 3 is 1.79 bits per heavy atom. The summed E-state index contributed by atoms with van der Waals surface area (Å²) < 4.78 is 22.3. The first-order valence-electron chi connectivity index (χ1n) is 9.57. The molecule has 0 aliphatic carbocycles. The molecule has 1 atom stereocenters. The van der Waals surface area contributed by atoms with E-state index in [2.05, 4.69) is 6.92 Å². The van der Waals surface area contributed by atoms with Crippen molar-refractivity contribution in [3.05, 3.63) is 0 Å². The van der Waals surface area contributed by atoms with Crippen molar-refractivity contribution in [2.75, 3.05) is 47.3 Å². The van der Waals surface area contributed by atoms with Crippen LogP contribution in [0.25, 0.3) is 0 Å². The zero-order valence-corrected chi connectivity index (χ0v) is 16.3. The van der Waals surface area contributed by atoms with Gasteiger partial charge in [0, 0.05) is 20.1 Å². The van der Waals surface area contributed by atoms with Gasteiger partial charge in [0.1, 0.15) is 0 Å². The molecular weight excluding hydrogens is 308 g/mol. The summed E-state index contributed by atoms with van der Waals surface area (Å²) in [7, 11) is 3.31. The van der Waals surface area contributed by atoms with Crippen LogP contribution in [0.2, 0.25) is 0 Å². The number of aliphatic hydroxyl groups is 1. The highest BCUT2D eigenvalue weighted by Crippen LogP contribution is 2.32. The Morgan fingerprint density at radius 1 is 0.792 bits per heavy atom. The first-order chi connectivity index (χ1) is 11.7. The average Bonchev–Trinajstić information content (AvgIpc) is 2.60. The normalized spacial score (nSPS) is 13.4. The van der Waals surface area contributed by atoms with Crippen LogP contribution < -0.4 is 0 Å². The maximum Gasteiger partial charge on any atom is 0.173 e. The molecule has 146 valence electrons. The summed E-state index contributed by atoms with van der Waals surface area (Å²) in [5.74, 6) is -0.780. The summed E-state index contributed by atoms with van der Waals surface area (Å²) in [4.78, 5) is 0. The number of ether oxygens (including phenoxy) is 4. The Kier molecular flexibility index (Phi) is 16.1. The fourth-order valence-electron chi connectivity index (χ4n) is 2.99. The Morgan fingerprint density at radius 2 is 1.33 bits per heavy atom. The van der Waals surface area contributed by atoms with E-state index in [1.165, 1.54) is 32.1 Å². The van der Waals surface area contributed by atoms with Gasteiger partial charge in [-0.25, -0.2) is 0 Å². The van der Waals surface area contributed by atoms with E-state index in [4.69, 9.17) is 18.9 Å². The summed E-state index contributed by atoms with van der Waals surface area (Å²) >= 11 is 0. The highest BCUT2D eigenvalue weighted by Gasteiger charge is 2.38. The van der Waals surface area contributed by atoms with Crippen molar-refractivity contribution < 1.29 is 24.1 Å². The lowest BCUT2D eigenvalue weighted by molar-refractivity contribution is -0.280. The van der Waals surface area contributed by atoms with E-state index in [1.807, 2.05) is 6.92 Å². The smallest absolute Gasteiger partial charge is 0.173 e. The first kappa shape index (κ1) is 23.8. The molecule has 1 unspecified atom stereocenters. The van der Waals surface area contributed by atoms with E-state index in [0.717, 1.165) is 12.8 Å². The average molecular weight is 349 g/mol. The Bertz CT molecular complexity index is 250. The molecule has 0 saturated carbocycles. The van der Waals surface area contributed by atoms with Gasteiger partial charge in [0.25, 0.3) is 0 Å². The lowest BCUT2D eigenvalue weighted by Crippen LogP contribution is -2.46. The number of aliphatic hydroxyl groups excluding tert-OH is 1. The first-order valence-corrected chi connectivity index (χ1v) is 9.57. The molecule has 0 bridgehead atoms. The molecular formula is C19H40O5. The number of hydrogen-bond acceptors (Lipinski definition) is 5. The van der Waals surface area contributed by atoms with Gasteiger partial charge in [0.15, 0.2) is 5.79 Å². The molecule has 0 spiro atoms. The van der Waals surface area contributed by atoms with Crippen LogP contribution in [0.5, 0.6) is 0 Å². The monoisotopic (exact) mass is 348 g/mol. The molecule has 0 aromatic carbocycles. The Labute approximate surface area is 149 Å². The van der Waals surface area contributed by atoms with Crippen molar-refractivity contribution in [3.63, 3.8) is 0 Å². The maximum atomic E-state index is 9.92. The van der Waals surface area contributed by atoms with Crippen LogP contribution in [-0.4, -0.2) is 58.1 Å². The van der Waals surface area contributed by atoms with Crippen LogP contribution >= 0.6 is 0 Å². The molecule has 0 heterocycles. The van der Waals surface area contributed by atoms with Crippen LogP contribution in [0, 0.1) is 5.92 Å². The zero-order valence-electron chi connectivity index (χ0n) is 16.3. The van der Waals surface area contributed by atoms with E-state index in [0.29, 0.717) is 32.8 Å². The van der Waals surface area contributed by atoms with Crippen molar-refractivity contribution in [2.24, 2.45) is 5.92 Å². The van der Waals surface area contributed by atoms with Crippen molar-refractivity contribution in [2.45, 2.75) is 71.0 Å². The second-order valence-electron chi connectivity index (χ2n) is 6.28. The molecule has 0 amide bonds. The van der Waals surface area contributed by atoms with Crippen molar-refractivity contribution in [1.82, 2.24) is 0 Å². The van der Waals surface area contributed by atoms with E-state index in [9.17, 15) is 5.11 Å². The van der Waals surface area contributed by atoms with Gasteiger partial charge in [0.2, 0.25) is 0 Å². The predicted octanol–water partition coefficient (Wildman–Crippen LogP) is 3.78. The van der Waals surface area contributed by atoms with Gasteiger partial charge in [-0.05, 0) is 12.8 Å². The third-order valence-corrected chi connectivity index (χ3v) is 4.51. The predicted molar refractivity (Wildman–Crippen MR) is 97.2 cm³/mol. The molecule has 0 rings (SSSR count). The van der Waals surface area contributed by atoms with Crippen molar-refractivity contribution in [1.29, 1.82) is 0 Å². The molecule has 0 aromatic rings. The summed E-state index contributed by atoms with van der Waals surface area (Å²) in [6, 6.07) is 0. The van der Waals surface area contributed by atoms with Gasteiger partial charge in [-0.1, -0.05) is 52.4 Å². The lowest BCUT2D eigenvalue weighted by Gasteiger charge is -2.39. The van der Waals surface area contributed by atoms with Crippen LogP contribution in [0.4, 0.5) is 0 Å². The lowest BCUT2D eigenvalue weighted by atomic mass is 9.90. The molecule has 1 N–H and O–H groups in total. The van der Waals surface area contributed by atoms with Gasteiger partial charge in [-0.3, -0.25) is 0 Å². The zero-order chi connectivity index (χ0) is 18.1. The van der Waals surface area contributed by atoms with Crippen molar-refractivity contribution in [3.8, 4) is 0 Å².